The number of hydrogen-bond donors (Lipinski definition) is 2. The number of nitrogens with one attached hydrogen (secondary N) is 1. The lowest BCUT2D eigenvalue weighted by atomic mass is 10.0. The molecule has 4 aromatic rings. The molecule has 3 aromatic carbocycles. The fourth-order valence-corrected chi connectivity index (χ4v) is 4.34. The van der Waals surface area contributed by atoms with Crippen LogP contribution in [-0.4, -0.2) is 47.0 Å². The van der Waals surface area contributed by atoms with Gasteiger partial charge in [0.25, 0.3) is 0 Å². The Kier molecular flexibility index (Phi) is 8.28. The molecule has 0 saturated carbocycles. The van der Waals surface area contributed by atoms with Crippen LogP contribution in [0.4, 0.5) is 5.69 Å². The Morgan fingerprint density at radius 1 is 0.861 bits per heavy atom. The number of fused-ring (bicyclic) bond motifs is 1. The lowest BCUT2D eigenvalue weighted by Gasteiger charge is -2.17. The fraction of sp³-hybridized carbons (Fsp3) is 0.300. The van der Waals surface area contributed by atoms with Crippen LogP contribution in [0.15, 0.2) is 71.7 Å². The predicted molar refractivity (Wildman–Crippen MR) is 147 cm³/mol. The Morgan fingerprint density at radius 3 is 2.11 bits per heavy atom. The molecule has 0 aliphatic carbocycles. The molecule has 0 unspecified atom stereocenters. The Hall–Kier alpha value is -3.77. The molecule has 0 aliphatic heterocycles. The summed E-state index contributed by atoms with van der Waals surface area (Å²) in [6.07, 6.45) is 0. The molecule has 0 spiro atoms. The fourth-order valence-electron chi connectivity index (χ4n) is 4.34. The molecule has 2 N–H and O–H groups in total. The number of aromatic hydroxyl groups is 1. The summed E-state index contributed by atoms with van der Waals surface area (Å²) in [7, 11) is 0. The van der Waals surface area contributed by atoms with E-state index in [9.17, 15) is 5.11 Å². The first kappa shape index (κ1) is 25.3. The van der Waals surface area contributed by atoms with Crippen molar-refractivity contribution in [2.45, 2.75) is 34.2 Å². The van der Waals surface area contributed by atoms with Crippen molar-refractivity contribution in [1.82, 2.24) is 9.88 Å². The molecule has 0 fully saturated rings. The number of aromatic nitrogens is 1. The van der Waals surface area contributed by atoms with Crippen molar-refractivity contribution in [3.05, 3.63) is 83.4 Å². The lowest BCUT2D eigenvalue weighted by Crippen LogP contribution is -2.21. The van der Waals surface area contributed by atoms with E-state index in [2.05, 4.69) is 35.9 Å². The van der Waals surface area contributed by atoms with Gasteiger partial charge < -0.3 is 19.6 Å². The summed E-state index contributed by atoms with van der Waals surface area (Å²) in [5.41, 5.74) is 5.05. The molecule has 0 radical (unpaired) electrons. The number of ether oxygens (including phenoxy) is 2. The van der Waals surface area contributed by atoms with Gasteiger partial charge in [-0.2, -0.15) is 0 Å². The van der Waals surface area contributed by atoms with E-state index >= 15 is 0 Å². The van der Waals surface area contributed by atoms with Gasteiger partial charge in [-0.05, 0) is 50.7 Å². The first-order valence-electron chi connectivity index (χ1n) is 12.7. The number of benzene rings is 3. The van der Waals surface area contributed by atoms with E-state index in [1.165, 1.54) is 5.56 Å². The average Bonchev–Trinajstić information content (AvgIpc) is 3.22. The lowest BCUT2D eigenvalue weighted by molar-refractivity contribution is 0.288. The van der Waals surface area contributed by atoms with E-state index in [1.54, 1.807) is 0 Å². The van der Waals surface area contributed by atoms with Gasteiger partial charge in [0.1, 0.15) is 0 Å². The number of aliphatic imine (C=N–C) groups is 1. The van der Waals surface area contributed by atoms with Crippen LogP contribution in [0.5, 0.6) is 17.4 Å². The Bertz CT molecular complexity index is 1310. The van der Waals surface area contributed by atoms with Gasteiger partial charge in [-0.25, -0.2) is 4.99 Å². The maximum absolute atomic E-state index is 11.1. The molecule has 0 aliphatic rings. The monoisotopic (exact) mass is 485 g/mol. The van der Waals surface area contributed by atoms with Gasteiger partial charge in [-0.15, -0.1) is 0 Å². The molecule has 188 valence electrons. The van der Waals surface area contributed by atoms with Gasteiger partial charge in [0.15, 0.2) is 17.4 Å². The molecule has 4 rings (SSSR count). The van der Waals surface area contributed by atoms with Crippen molar-refractivity contribution < 1.29 is 14.6 Å². The van der Waals surface area contributed by atoms with Crippen LogP contribution in [0.2, 0.25) is 0 Å². The maximum Gasteiger partial charge on any atom is 0.199 e. The van der Waals surface area contributed by atoms with Crippen molar-refractivity contribution in [3.8, 4) is 17.4 Å². The van der Waals surface area contributed by atoms with Crippen LogP contribution >= 0.6 is 0 Å². The van der Waals surface area contributed by atoms with Crippen molar-refractivity contribution in [3.63, 3.8) is 0 Å². The molecule has 6 heteroatoms. The Labute approximate surface area is 213 Å². The van der Waals surface area contributed by atoms with Gasteiger partial charge in [0.2, 0.25) is 0 Å². The molecule has 0 bridgehead atoms. The summed E-state index contributed by atoms with van der Waals surface area (Å²) in [6, 6.07) is 22.0. The number of aromatic amines is 1. The minimum Gasteiger partial charge on any atom is -0.494 e. The van der Waals surface area contributed by atoms with Crippen molar-refractivity contribution in [2.24, 2.45) is 4.99 Å². The summed E-state index contributed by atoms with van der Waals surface area (Å²) in [5, 5.41) is 11.9. The molecule has 6 nitrogen and oxygen atoms in total. The highest BCUT2D eigenvalue weighted by molar-refractivity contribution is 6.22. The molecule has 0 amide bonds. The zero-order chi connectivity index (χ0) is 25.5. The summed E-state index contributed by atoms with van der Waals surface area (Å²) >= 11 is 0. The molecule has 1 aromatic heterocycles. The van der Waals surface area contributed by atoms with E-state index in [4.69, 9.17) is 14.5 Å². The highest BCUT2D eigenvalue weighted by atomic mass is 16.5. The molecular weight excluding hydrogens is 450 g/mol. The van der Waals surface area contributed by atoms with Gasteiger partial charge in [-0.3, -0.25) is 4.90 Å². The van der Waals surface area contributed by atoms with Crippen LogP contribution in [0.1, 0.15) is 44.4 Å². The van der Waals surface area contributed by atoms with Crippen LogP contribution in [0.3, 0.4) is 0 Å². The quantitative estimate of drug-likeness (QED) is 0.232. The number of hydrogen-bond acceptors (Lipinski definition) is 5. The zero-order valence-electron chi connectivity index (χ0n) is 21.5. The zero-order valence-corrected chi connectivity index (χ0v) is 21.5. The summed E-state index contributed by atoms with van der Waals surface area (Å²) in [6.45, 7) is 12.2. The van der Waals surface area contributed by atoms with E-state index in [-0.39, 0.29) is 5.88 Å². The Morgan fingerprint density at radius 2 is 1.50 bits per heavy atom. The van der Waals surface area contributed by atoms with Crippen molar-refractivity contribution in [2.75, 3.05) is 26.3 Å². The van der Waals surface area contributed by atoms with Gasteiger partial charge in [0, 0.05) is 23.6 Å². The SMILES string of the molecule is CCOc1cc2[nH]c(O)c(C(=Nc3ccc(CN(CC)CC)cc3)c3ccccc3)c2cc1OCC. The van der Waals surface area contributed by atoms with Gasteiger partial charge in [0.05, 0.1) is 35.7 Å². The van der Waals surface area contributed by atoms with Crippen molar-refractivity contribution in [1.29, 1.82) is 0 Å². The van der Waals surface area contributed by atoms with Crippen LogP contribution < -0.4 is 9.47 Å². The normalized spacial score (nSPS) is 11.9. The number of H-pyrrole nitrogens is 1. The van der Waals surface area contributed by atoms with Crippen molar-refractivity contribution >= 4 is 22.3 Å². The standard InChI is InChI=1S/C30H35N3O3/c1-5-33(6-2)20-21-14-16-23(17-15-21)31-29(22-12-10-9-11-13-22)28-24-18-26(35-7-3)27(36-8-4)19-25(24)32-30(28)34/h9-19,32,34H,5-8,20H2,1-4H3. The van der Waals surface area contributed by atoms with E-state index in [1.807, 2.05) is 68.4 Å². The molecular formula is C30H35N3O3. The highest BCUT2D eigenvalue weighted by Crippen LogP contribution is 2.38. The van der Waals surface area contributed by atoms with Crippen LogP contribution in [-0.2, 0) is 6.54 Å². The first-order chi connectivity index (χ1) is 17.6. The maximum atomic E-state index is 11.1. The molecule has 0 atom stereocenters. The highest BCUT2D eigenvalue weighted by Gasteiger charge is 2.21. The summed E-state index contributed by atoms with van der Waals surface area (Å²) in [4.78, 5) is 10.5. The van der Waals surface area contributed by atoms with E-state index < -0.39 is 0 Å². The summed E-state index contributed by atoms with van der Waals surface area (Å²) in [5.74, 6) is 1.34. The minimum absolute atomic E-state index is 0.0573. The molecule has 0 saturated heterocycles. The van der Waals surface area contributed by atoms with Gasteiger partial charge >= 0.3 is 0 Å². The molecule has 36 heavy (non-hydrogen) atoms. The molecule has 1 heterocycles. The second-order valence-electron chi connectivity index (χ2n) is 8.51. The number of rotatable bonds is 11. The topological polar surface area (TPSA) is 70.1 Å². The third-order valence-electron chi connectivity index (χ3n) is 6.20. The van der Waals surface area contributed by atoms with E-state index in [0.717, 1.165) is 41.8 Å². The smallest absolute Gasteiger partial charge is 0.199 e. The second-order valence-corrected chi connectivity index (χ2v) is 8.51. The van der Waals surface area contributed by atoms with Gasteiger partial charge in [-0.1, -0.05) is 56.3 Å². The third kappa shape index (κ3) is 5.55. The second kappa shape index (κ2) is 11.8. The Balaban J connectivity index is 1.83. The first-order valence-corrected chi connectivity index (χ1v) is 12.7. The summed E-state index contributed by atoms with van der Waals surface area (Å²) < 4.78 is 11.6. The van der Waals surface area contributed by atoms with Crippen LogP contribution in [0.25, 0.3) is 10.9 Å². The largest absolute Gasteiger partial charge is 0.494 e. The predicted octanol–water partition coefficient (Wildman–Crippen LogP) is 6.68. The minimum atomic E-state index is 0.0573. The van der Waals surface area contributed by atoms with E-state index in [0.29, 0.717) is 36.0 Å². The van der Waals surface area contributed by atoms with Crippen LogP contribution in [0, 0.1) is 0 Å². The third-order valence-corrected chi connectivity index (χ3v) is 6.20. The average molecular weight is 486 g/mol. The number of nitrogens with zero attached hydrogens (tertiary/aromatic N) is 2.